The molecule has 2 heterocycles. The number of carboxylic acid groups (broad SMARTS) is 1. The zero-order valence-electron chi connectivity index (χ0n) is 11.3. The van der Waals surface area contributed by atoms with Crippen molar-refractivity contribution < 1.29 is 18.3 Å². The molecule has 2 rings (SSSR count). The number of carbonyl (C=O) groups is 1. The smallest absolute Gasteiger partial charge is 0.336 e. The van der Waals surface area contributed by atoms with Gasteiger partial charge in [0.25, 0.3) is 10.0 Å². The summed E-state index contributed by atoms with van der Waals surface area (Å²) < 4.78 is 26.9. The average molecular weight is 327 g/mol. The van der Waals surface area contributed by atoms with Gasteiger partial charge >= 0.3 is 5.97 Å². The SMILES string of the molecule is CN(C)c1ccncc1NS(=O)(=O)c1cc(C(=O)O)cs1. The summed E-state index contributed by atoms with van der Waals surface area (Å²) in [5.74, 6) is -1.16. The van der Waals surface area contributed by atoms with Crippen LogP contribution in [0.5, 0.6) is 0 Å². The number of nitrogens with one attached hydrogen (secondary N) is 1. The predicted molar refractivity (Wildman–Crippen MR) is 80.7 cm³/mol. The Hall–Kier alpha value is -2.13. The summed E-state index contributed by atoms with van der Waals surface area (Å²) >= 11 is 0.853. The van der Waals surface area contributed by atoms with Crippen molar-refractivity contribution in [3.63, 3.8) is 0 Å². The zero-order valence-corrected chi connectivity index (χ0v) is 12.9. The van der Waals surface area contributed by atoms with Crippen LogP contribution in [0.4, 0.5) is 11.4 Å². The van der Waals surface area contributed by atoms with Crippen molar-refractivity contribution in [1.29, 1.82) is 0 Å². The minimum atomic E-state index is -3.84. The van der Waals surface area contributed by atoms with Gasteiger partial charge in [0, 0.05) is 25.7 Å². The fourth-order valence-electron chi connectivity index (χ4n) is 1.62. The third-order valence-electron chi connectivity index (χ3n) is 2.61. The summed E-state index contributed by atoms with van der Waals surface area (Å²) in [6, 6.07) is 2.80. The van der Waals surface area contributed by atoms with Gasteiger partial charge in [0.05, 0.1) is 23.1 Å². The lowest BCUT2D eigenvalue weighted by atomic mass is 10.3. The second-order valence-electron chi connectivity index (χ2n) is 4.35. The Morgan fingerprint density at radius 3 is 2.71 bits per heavy atom. The Labute approximate surface area is 125 Å². The molecule has 0 aliphatic rings. The molecule has 0 aliphatic heterocycles. The van der Waals surface area contributed by atoms with Crippen molar-refractivity contribution in [2.45, 2.75) is 4.21 Å². The highest BCUT2D eigenvalue weighted by Crippen LogP contribution is 2.27. The summed E-state index contributed by atoms with van der Waals surface area (Å²) in [5.41, 5.74) is 0.927. The first-order valence-corrected chi connectivity index (χ1v) is 8.13. The van der Waals surface area contributed by atoms with Crippen molar-refractivity contribution in [2.75, 3.05) is 23.7 Å². The molecular formula is C12H13N3O4S2. The number of aromatic carboxylic acids is 1. The first-order chi connectivity index (χ1) is 9.81. The number of aromatic nitrogens is 1. The van der Waals surface area contributed by atoms with Crippen molar-refractivity contribution in [2.24, 2.45) is 0 Å². The van der Waals surface area contributed by atoms with Crippen LogP contribution in [0.2, 0.25) is 0 Å². The van der Waals surface area contributed by atoms with Crippen molar-refractivity contribution in [3.8, 4) is 0 Å². The molecule has 112 valence electrons. The topological polar surface area (TPSA) is 99.6 Å². The molecule has 0 saturated carbocycles. The maximum Gasteiger partial charge on any atom is 0.336 e. The summed E-state index contributed by atoms with van der Waals surface area (Å²) in [6.45, 7) is 0. The summed E-state index contributed by atoms with van der Waals surface area (Å²) in [4.78, 5) is 16.5. The van der Waals surface area contributed by atoms with E-state index in [4.69, 9.17) is 5.11 Å². The van der Waals surface area contributed by atoms with E-state index in [0.29, 0.717) is 11.4 Å². The Morgan fingerprint density at radius 2 is 2.14 bits per heavy atom. The molecule has 0 fully saturated rings. The molecule has 21 heavy (non-hydrogen) atoms. The van der Waals surface area contributed by atoms with Crippen molar-refractivity contribution in [1.82, 2.24) is 4.98 Å². The van der Waals surface area contributed by atoms with Crippen LogP contribution in [0.25, 0.3) is 0 Å². The largest absolute Gasteiger partial charge is 0.478 e. The number of hydrogen-bond donors (Lipinski definition) is 2. The normalized spacial score (nSPS) is 11.1. The van der Waals surface area contributed by atoms with Crippen LogP contribution in [0.15, 0.2) is 34.1 Å². The quantitative estimate of drug-likeness (QED) is 0.867. The van der Waals surface area contributed by atoms with Gasteiger partial charge in [-0.3, -0.25) is 9.71 Å². The summed E-state index contributed by atoms with van der Waals surface area (Å²) in [5, 5.41) is 10.1. The van der Waals surface area contributed by atoms with E-state index in [9.17, 15) is 13.2 Å². The molecule has 0 amide bonds. The van der Waals surface area contributed by atoms with E-state index in [1.54, 1.807) is 31.3 Å². The molecule has 9 heteroatoms. The van der Waals surface area contributed by atoms with Gasteiger partial charge in [-0.15, -0.1) is 11.3 Å². The van der Waals surface area contributed by atoms with Crippen LogP contribution in [-0.2, 0) is 10.0 Å². The number of thiophene rings is 1. The van der Waals surface area contributed by atoms with E-state index < -0.39 is 16.0 Å². The number of anilines is 2. The van der Waals surface area contributed by atoms with Crippen molar-refractivity contribution in [3.05, 3.63) is 35.5 Å². The lowest BCUT2D eigenvalue weighted by Gasteiger charge is -2.17. The first-order valence-electron chi connectivity index (χ1n) is 5.77. The second kappa shape index (κ2) is 5.70. The third kappa shape index (κ3) is 3.31. The fraction of sp³-hybridized carbons (Fsp3) is 0.167. The van der Waals surface area contributed by atoms with Crippen LogP contribution in [-0.4, -0.2) is 38.6 Å². The molecule has 0 saturated heterocycles. The molecule has 0 spiro atoms. The number of hydrogen-bond acceptors (Lipinski definition) is 6. The van der Waals surface area contributed by atoms with Gasteiger partial charge in [-0.1, -0.05) is 0 Å². The van der Waals surface area contributed by atoms with Crippen molar-refractivity contribution >= 4 is 38.7 Å². The zero-order chi connectivity index (χ0) is 15.6. The van der Waals surface area contributed by atoms with Crippen LogP contribution < -0.4 is 9.62 Å². The van der Waals surface area contributed by atoms with Gasteiger partial charge in [0.1, 0.15) is 4.21 Å². The molecule has 2 aromatic heterocycles. The van der Waals surface area contributed by atoms with E-state index >= 15 is 0 Å². The lowest BCUT2D eigenvalue weighted by molar-refractivity contribution is 0.0697. The van der Waals surface area contributed by atoms with Crippen LogP contribution in [0.3, 0.4) is 0 Å². The molecule has 0 bridgehead atoms. The molecule has 0 atom stereocenters. The van der Waals surface area contributed by atoms with Gasteiger partial charge in [0.2, 0.25) is 0 Å². The monoisotopic (exact) mass is 327 g/mol. The molecule has 2 N–H and O–H groups in total. The van der Waals surface area contributed by atoms with Gasteiger partial charge in [-0.2, -0.15) is 0 Å². The minimum absolute atomic E-state index is 0.0561. The fourth-order valence-corrected chi connectivity index (χ4v) is 3.83. The van der Waals surface area contributed by atoms with E-state index in [2.05, 4.69) is 9.71 Å². The third-order valence-corrected chi connectivity index (χ3v) is 5.42. The number of pyridine rings is 1. The maximum absolute atomic E-state index is 12.3. The maximum atomic E-state index is 12.3. The highest BCUT2D eigenvalue weighted by Gasteiger charge is 2.20. The molecule has 0 radical (unpaired) electrons. The van der Waals surface area contributed by atoms with E-state index in [1.165, 1.54) is 11.6 Å². The first kappa shape index (κ1) is 15.3. The molecule has 0 aromatic carbocycles. The Morgan fingerprint density at radius 1 is 1.43 bits per heavy atom. The molecular weight excluding hydrogens is 314 g/mol. The van der Waals surface area contributed by atoms with Gasteiger partial charge in [0.15, 0.2) is 0 Å². The Kier molecular flexibility index (Phi) is 4.14. The van der Waals surface area contributed by atoms with Gasteiger partial charge < -0.3 is 10.0 Å². The highest BCUT2D eigenvalue weighted by atomic mass is 32.2. The molecule has 0 aliphatic carbocycles. The van der Waals surface area contributed by atoms with Crippen LogP contribution in [0, 0.1) is 0 Å². The minimum Gasteiger partial charge on any atom is -0.478 e. The number of nitrogens with zero attached hydrogens (tertiary/aromatic N) is 2. The number of carboxylic acids is 1. The van der Waals surface area contributed by atoms with Crippen LogP contribution >= 0.6 is 11.3 Å². The lowest BCUT2D eigenvalue weighted by Crippen LogP contribution is -2.16. The van der Waals surface area contributed by atoms with Crippen LogP contribution in [0.1, 0.15) is 10.4 Å². The van der Waals surface area contributed by atoms with E-state index in [0.717, 1.165) is 17.4 Å². The standard InChI is InChI=1S/C12H13N3O4S2/c1-15(2)10-3-4-13-6-9(10)14-21(18,19)11-5-8(7-20-11)12(16)17/h3-7,14H,1-2H3,(H,16,17). The Bertz CT molecular complexity index is 768. The average Bonchev–Trinajstić information content (AvgIpc) is 2.89. The van der Waals surface area contributed by atoms with Gasteiger partial charge in [-0.25, -0.2) is 13.2 Å². The van der Waals surface area contributed by atoms with Gasteiger partial charge in [-0.05, 0) is 12.1 Å². The van der Waals surface area contributed by atoms with E-state index in [1.807, 2.05) is 0 Å². The van der Waals surface area contributed by atoms with E-state index in [-0.39, 0.29) is 9.77 Å². The molecule has 7 nitrogen and oxygen atoms in total. The summed E-state index contributed by atoms with van der Waals surface area (Å²) in [7, 11) is -0.286. The summed E-state index contributed by atoms with van der Waals surface area (Å²) in [6.07, 6.45) is 2.96. The second-order valence-corrected chi connectivity index (χ2v) is 7.17. The number of rotatable bonds is 5. The Balaban J connectivity index is 2.35. The number of sulfonamides is 1. The highest BCUT2D eigenvalue weighted by molar-refractivity contribution is 7.94. The molecule has 2 aromatic rings. The molecule has 0 unspecified atom stereocenters. The predicted octanol–water partition coefficient (Wildman–Crippen LogP) is 1.71.